The predicted molar refractivity (Wildman–Crippen MR) is 217 cm³/mol. The summed E-state index contributed by atoms with van der Waals surface area (Å²) < 4.78 is 19.5. The quantitative estimate of drug-likeness (QED) is 0.0852. The van der Waals surface area contributed by atoms with Gasteiger partial charge in [-0.05, 0) is 72.7 Å². The van der Waals surface area contributed by atoms with Crippen LogP contribution >= 0.6 is 11.6 Å². The van der Waals surface area contributed by atoms with Crippen LogP contribution < -0.4 is 20.3 Å². The fourth-order valence-electron chi connectivity index (χ4n) is 6.64. The second kappa shape index (κ2) is 17.2. The number of carbonyl (C=O) groups excluding carboxylic acids is 4. The van der Waals surface area contributed by atoms with Gasteiger partial charge in [-0.2, -0.15) is 4.98 Å². The number of aromatic nitrogens is 3. The summed E-state index contributed by atoms with van der Waals surface area (Å²) in [5.74, 6) is 0.419. The van der Waals surface area contributed by atoms with Gasteiger partial charge < -0.3 is 39.0 Å². The minimum atomic E-state index is -0.286. The molecule has 1 aliphatic heterocycles. The van der Waals surface area contributed by atoms with E-state index in [0.717, 1.165) is 33.1 Å². The number of hydrogen-bond acceptors (Lipinski definition) is 8. The van der Waals surface area contributed by atoms with Crippen LogP contribution in [0.3, 0.4) is 0 Å². The summed E-state index contributed by atoms with van der Waals surface area (Å²) in [6, 6.07) is 21.0. The second-order valence-electron chi connectivity index (χ2n) is 13.6. The van der Waals surface area contributed by atoms with Gasteiger partial charge in [-0.15, -0.1) is 0 Å². The topological polar surface area (TPSA) is 164 Å². The predicted octanol–water partition coefficient (Wildman–Crippen LogP) is 5.93. The summed E-state index contributed by atoms with van der Waals surface area (Å²) in [5.41, 5.74) is 5.62. The van der Waals surface area contributed by atoms with E-state index in [4.69, 9.17) is 25.5 Å². The summed E-state index contributed by atoms with van der Waals surface area (Å²) >= 11 is 6.71. The van der Waals surface area contributed by atoms with Gasteiger partial charge >= 0.3 is 0 Å². The van der Waals surface area contributed by atoms with Crippen LogP contribution in [-0.2, 0) is 32.6 Å². The van der Waals surface area contributed by atoms with E-state index < -0.39 is 0 Å². The molecule has 0 saturated carbocycles. The highest BCUT2D eigenvalue weighted by molar-refractivity contribution is 6.34. The molecule has 14 nitrogen and oxygen atoms in total. The molecule has 0 bridgehead atoms. The van der Waals surface area contributed by atoms with Gasteiger partial charge in [0.2, 0.25) is 23.6 Å². The summed E-state index contributed by atoms with van der Waals surface area (Å²) in [6.07, 6.45) is 3.76. The maximum atomic E-state index is 13.1. The number of ether oxygens (including phenoxy) is 2. The molecule has 7 rings (SSSR count). The number of aryl methyl sites for hydroxylation is 3. The van der Waals surface area contributed by atoms with Crippen LogP contribution in [0.15, 0.2) is 90.0 Å². The lowest BCUT2D eigenvalue weighted by molar-refractivity contribution is -0.133. The molecule has 3 N–H and O–H groups in total. The molecule has 4 heterocycles. The van der Waals surface area contributed by atoms with Gasteiger partial charge in [0.1, 0.15) is 18.1 Å². The highest BCUT2D eigenvalue weighted by atomic mass is 35.5. The van der Waals surface area contributed by atoms with Crippen LogP contribution in [0.25, 0.3) is 33.1 Å². The number of furan rings is 1. The molecule has 1 fully saturated rings. The molecule has 57 heavy (non-hydrogen) atoms. The Hall–Kier alpha value is -6.38. The lowest BCUT2D eigenvalue weighted by Crippen LogP contribution is -2.52. The molecule has 0 spiro atoms. The molecule has 3 aromatic heterocycles. The molecule has 0 radical (unpaired) electrons. The molecule has 3 aromatic carbocycles. The van der Waals surface area contributed by atoms with Crippen molar-refractivity contribution in [1.82, 2.24) is 30.1 Å². The summed E-state index contributed by atoms with van der Waals surface area (Å²) in [6.45, 7) is 7.05. The molecular weight excluding hydrogens is 750 g/mol. The van der Waals surface area contributed by atoms with Crippen LogP contribution in [0.4, 0.5) is 5.88 Å². The molecule has 6 aromatic rings. The zero-order valence-corrected chi connectivity index (χ0v) is 32.4. The minimum absolute atomic E-state index is 0.0430. The first-order valence-electron chi connectivity index (χ1n) is 18.5. The van der Waals surface area contributed by atoms with Crippen molar-refractivity contribution in [3.8, 4) is 22.9 Å². The monoisotopic (exact) mass is 791 g/mol. The summed E-state index contributed by atoms with van der Waals surface area (Å²) in [7, 11) is 2.01. The van der Waals surface area contributed by atoms with E-state index in [9.17, 15) is 19.2 Å². The van der Waals surface area contributed by atoms with Crippen LogP contribution in [0.1, 0.15) is 28.1 Å². The van der Waals surface area contributed by atoms with Crippen molar-refractivity contribution in [2.24, 2.45) is 7.05 Å². The fraction of sp³-hybridized carbons (Fsp3) is 0.262. The molecule has 1 aliphatic rings. The Kier molecular flexibility index (Phi) is 11.7. The number of aromatic amines is 1. The van der Waals surface area contributed by atoms with Crippen LogP contribution in [-0.4, -0.2) is 89.0 Å². The molecular formula is C42H42ClN7O7. The number of amides is 4. The zero-order chi connectivity index (χ0) is 40.1. The number of benzene rings is 3. The first kappa shape index (κ1) is 38.9. The first-order valence-corrected chi connectivity index (χ1v) is 18.9. The van der Waals surface area contributed by atoms with Crippen molar-refractivity contribution in [2.75, 3.05) is 50.8 Å². The molecule has 1 saturated heterocycles. The van der Waals surface area contributed by atoms with Crippen LogP contribution in [0.5, 0.6) is 11.8 Å². The molecule has 4 amide bonds. The first-order chi connectivity index (χ1) is 27.6. The number of nitrogens with zero attached hydrogens (tertiary/aromatic N) is 4. The molecule has 0 atom stereocenters. The van der Waals surface area contributed by atoms with Crippen molar-refractivity contribution in [3.63, 3.8) is 0 Å². The Morgan fingerprint density at radius 3 is 2.65 bits per heavy atom. The van der Waals surface area contributed by atoms with Gasteiger partial charge in [-0.25, -0.2) is 0 Å². The van der Waals surface area contributed by atoms with E-state index in [1.165, 1.54) is 15.9 Å². The highest BCUT2D eigenvalue weighted by Gasteiger charge is 2.28. The molecule has 0 unspecified atom stereocenters. The minimum Gasteiger partial charge on any atom is -0.445 e. The van der Waals surface area contributed by atoms with E-state index in [2.05, 4.69) is 49.9 Å². The Morgan fingerprint density at radius 2 is 1.84 bits per heavy atom. The second-order valence-corrected chi connectivity index (χ2v) is 14.0. The van der Waals surface area contributed by atoms with Gasteiger partial charge in [-0.3, -0.25) is 24.1 Å². The number of halogens is 1. The average molecular weight is 792 g/mol. The molecule has 294 valence electrons. The maximum absolute atomic E-state index is 13.1. The lowest BCUT2D eigenvalue weighted by Gasteiger charge is -2.32. The number of piperazine rings is 1. The van der Waals surface area contributed by atoms with Crippen molar-refractivity contribution in [2.45, 2.75) is 19.8 Å². The van der Waals surface area contributed by atoms with Gasteiger partial charge in [-0.1, -0.05) is 30.3 Å². The van der Waals surface area contributed by atoms with Crippen LogP contribution in [0, 0.1) is 6.92 Å². The largest absolute Gasteiger partial charge is 0.445 e. The highest BCUT2D eigenvalue weighted by Crippen LogP contribution is 2.35. The van der Waals surface area contributed by atoms with Crippen molar-refractivity contribution in [3.05, 3.63) is 107 Å². The number of imidazole rings is 1. The van der Waals surface area contributed by atoms with E-state index in [1.54, 1.807) is 24.3 Å². The third-order valence-corrected chi connectivity index (χ3v) is 10.0. The summed E-state index contributed by atoms with van der Waals surface area (Å²) in [4.78, 5) is 60.5. The van der Waals surface area contributed by atoms with Crippen molar-refractivity contribution >= 4 is 63.1 Å². The van der Waals surface area contributed by atoms with Gasteiger partial charge in [0.15, 0.2) is 0 Å². The smallest absolute Gasteiger partial charge is 0.300 e. The standard InChI is InChI=1S/C42H42ClN7O7/c1-4-38(52)49-17-18-50(39(53)25-49)40-12-9-29(56-40)8-11-37(51)44-14-19-55-20-15-45-41(54)31-22-30(7-5-26(31)2)57-42-46-34-23-32(33(43)24-35(34)47-42)27-6-10-36-28(21-27)13-16-48(36)3/h4-7,9-10,12-13,16,21-24H,1,8,11,14-15,17-20,25H2,2-3H3,(H,44,51)(H,45,54)(H,46,47). The number of anilines is 1. The number of nitrogens with one attached hydrogen (secondary N) is 3. The van der Waals surface area contributed by atoms with E-state index in [0.29, 0.717) is 59.6 Å². The van der Waals surface area contributed by atoms with Crippen molar-refractivity contribution < 1.29 is 33.1 Å². The van der Waals surface area contributed by atoms with E-state index in [1.807, 2.05) is 44.4 Å². The Bertz CT molecular complexity index is 2480. The summed E-state index contributed by atoms with van der Waals surface area (Å²) in [5, 5.41) is 7.38. The fourth-order valence-corrected chi connectivity index (χ4v) is 6.91. The number of rotatable bonds is 15. The normalized spacial score (nSPS) is 13.0. The van der Waals surface area contributed by atoms with E-state index in [-0.39, 0.29) is 62.4 Å². The van der Waals surface area contributed by atoms with Crippen molar-refractivity contribution in [1.29, 1.82) is 0 Å². The Morgan fingerprint density at radius 1 is 1.02 bits per heavy atom. The molecule has 15 heteroatoms. The van der Waals surface area contributed by atoms with Gasteiger partial charge in [0.05, 0.1) is 29.3 Å². The number of hydrogen-bond donors (Lipinski definition) is 3. The third kappa shape index (κ3) is 9.03. The van der Waals surface area contributed by atoms with Crippen LogP contribution in [0.2, 0.25) is 5.02 Å². The lowest BCUT2D eigenvalue weighted by atomic mass is 10.0. The SMILES string of the molecule is C=CC(=O)N1CCN(c2ccc(CCC(=O)NCCOCCNC(=O)c3cc(Oc4nc5cc(-c6ccc7c(ccn7C)c6)c(Cl)cc5[nH]4)ccc3C)o2)C(=O)C1. The number of H-pyrrole nitrogens is 1. The maximum Gasteiger partial charge on any atom is 0.300 e. The Labute approximate surface area is 333 Å². The zero-order valence-electron chi connectivity index (χ0n) is 31.6. The number of carbonyl (C=O) groups is 4. The average Bonchev–Trinajstić information content (AvgIpc) is 3.94. The third-order valence-electron chi connectivity index (χ3n) is 9.73. The Balaban J connectivity index is 0.824. The van der Waals surface area contributed by atoms with E-state index >= 15 is 0 Å². The van der Waals surface area contributed by atoms with Gasteiger partial charge in [0, 0.05) is 80.4 Å². The molecule has 0 aliphatic carbocycles. The number of fused-ring (bicyclic) bond motifs is 2. The van der Waals surface area contributed by atoms with Gasteiger partial charge in [0.25, 0.3) is 11.9 Å².